The molecule has 0 atom stereocenters. The summed E-state index contributed by atoms with van der Waals surface area (Å²) in [5, 5.41) is 0. The Hall–Kier alpha value is -2.30. The molecule has 4 rings (SSSR count). The lowest BCUT2D eigenvalue weighted by atomic mass is 9.70. The molecule has 0 aliphatic carbocycles. The molecule has 0 radical (unpaired) electrons. The van der Waals surface area contributed by atoms with Crippen molar-refractivity contribution in [2.75, 3.05) is 36.0 Å². The first-order valence-electron chi connectivity index (χ1n) is 11.2. The molecule has 1 aromatic carbocycles. The Balaban J connectivity index is 1.42. The van der Waals surface area contributed by atoms with Gasteiger partial charge in [0.1, 0.15) is 12.5 Å². The van der Waals surface area contributed by atoms with Crippen LogP contribution in [0, 0.1) is 5.41 Å². The lowest BCUT2D eigenvalue weighted by molar-refractivity contribution is -0.108. The Bertz CT molecular complexity index is 743. The fraction of sp³-hybridized carbons (Fsp3) is 0.583. The predicted molar refractivity (Wildman–Crippen MR) is 117 cm³/mol. The number of carbonyl (C=O) groups is 1. The van der Waals surface area contributed by atoms with E-state index in [-0.39, 0.29) is 5.41 Å². The summed E-state index contributed by atoms with van der Waals surface area (Å²) in [5.41, 5.74) is 3.04. The van der Waals surface area contributed by atoms with E-state index in [9.17, 15) is 4.79 Å². The molecule has 3 heterocycles. The zero-order chi connectivity index (χ0) is 19.9. The molecule has 0 amide bonds. The van der Waals surface area contributed by atoms with Crippen LogP contribution in [0.1, 0.15) is 56.9 Å². The molecule has 2 aromatic rings. The average Bonchev–Trinajstić information content (AvgIpc) is 3.31. The van der Waals surface area contributed by atoms with Gasteiger partial charge in [0.2, 0.25) is 0 Å². The van der Waals surface area contributed by atoms with Gasteiger partial charge in [-0.25, -0.2) is 4.98 Å². The second-order valence-electron chi connectivity index (χ2n) is 8.75. The maximum atomic E-state index is 10.9. The van der Waals surface area contributed by atoms with E-state index in [0.29, 0.717) is 6.42 Å². The molecular weight excluding hydrogens is 362 g/mol. The lowest BCUT2D eigenvalue weighted by Crippen LogP contribution is -2.41. The molecule has 2 fully saturated rings. The molecule has 5 heteroatoms. The van der Waals surface area contributed by atoms with Gasteiger partial charge in [-0.2, -0.15) is 0 Å². The van der Waals surface area contributed by atoms with Crippen molar-refractivity contribution in [2.24, 2.45) is 5.41 Å². The Morgan fingerprint density at radius 2 is 1.76 bits per heavy atom. The number of unbranched alkanes of at least 4 members (excludes halogenated alkanes) is 1. The largest absolute Gasteiger partial charge is 0.432 e. The van der Waals surface area contributed by atoms with Crippen LogP contribution in [0.5, 0.6) is 0 Å². The van der Waals surface area contributed by atoms with Gasteiger partial charge in [0.25, 0.3) is 6.01 Å². The number of aldehydes is 1. The predicted octanol–water partition coefficient (Wildman–Crippen LogP) is 4.86. The number of nitrogens with zero attached hydrogens (tertiary/aromatic N) is 3. The second-order valence-corrected chi connectivity index (χ2v) is 8.75. The highest BCUT2D eigenvalue weighted by Crippen LogP contribution is 2.41. The molecule has 156 valence electrons. The van der Waals surface area contributed by atoms with Crippen molar-refractivity contribution in [1.82, 2.24) is 4.98 Å². The third-order valence-corrected chi connectivity index (χ3v) is 6.78. The van der Waals surface area contributed by atoms with Crippen molar-refractivity contribution in [3.05, 3.63) is 42.3 Å². The van der Waals surface area contributed by atoms with Crippen molar-refractivity contribution in [1.29, 1.82) is 0 Å². The molecular formula is C24H33N3O2. The minimum atomic E-state index is 0.263. The number of hydrogen-bond acceptors (Lipinski definition) is 5. The van der Waals surface area contributed by atoms with Crippen molar-refractivity contribution in [3.63, 3.8) is 0 Å². The number of oxazole rings is 1. The zero-order valence-electron chi connectivity index (χ0n) is 17.4. The normalized spacial score (nSPS) is 19.3. The third kappa shape index (κ3) is 5.01. The molecule has 2 aliphatic heterocycles. The molecule has 2 aliphatic rings. The summed E-state index contributed by atoms with van der Waals surface area (Å²) in [5.74, 6) is 0. The molecule has 1 aromatic heterocycles. The molecule has 29 heavy (non-hydrogen) atoms. The van der Waals surface area contributed by atoms with Gasteiger partial charge < -0.3 is 19.0 Å². The zero-order valence-corrected chi connectivity index (χ0v) is 17.4. The molecule has 0 spiro atoms. The van der Waals surface area contributed by atoms with E-state index in [2.05, 4.69) is 39.0 Å². The lowest BCUT2D eigenvalue weighted by Gasteiger charge is -2.42. The van der Waals surface area contributed by atoms with Crippen molar-refractivity contribution in [3.8, 4) is 0 Å². The topological polar surface area (TPSA) is 49.6 Å². The minimum Gasteiger partial charge on any atom is -0.432 e. The molecule has 0 unspecified atom stereocenters. The Labute approximate surface area is 174 Å². The summed E-state index contributed by atoms with van der Waals surface area (Å²) in [4.78, 5) is 19.9. The van der Waals surface area contributed by atoms with Crippen LogP contribution in [0.25, 0.3) is 0 Å². The minimum absolute atomic E-state index is 0.263. The number of aromatic nitrogens is 1. The van der Waals surface area contributed by atoms with E-state index in [0.717, 1.165) is 57.5 Å². The summed E-state index contributed by atoms with van der Waals surface area (Å²) in [6.07, 6.45) is 14.5. The first-order chi connectivity index (χ1) is 14.3. The van der Waals surface area contributed by atoms with Crippen LogP contribution in [0.2, 0.25) is 0 Å². The first kappa shape index (κ1) is 20.0. The van der Waals surface area contributed by atoms with E-state index in [1.165, 1.54) is 43.6 Å². The van der Waals surface area contributed by atoms with Gasteiger partial charge in [-0.1, -0.05) is 12.1 Å². The highest BCUT2D eigenvalue weighted by Gasteiger charge is 2.35. The number of piperidine rings is 2. The molecule has 0 saturated carbocycles. The number of rotatable bonds is 8. The van der Waals surface area contributed by atoms with Crippen LogP contribution in [-0.2, 0) is 11.2 Å². The monoisotopic (exact) mass is 395 g/mol. The quantitative estimate of drug-likeness (QED) is 0.472. The van der Waals surface area contributed by atoms with Crippen LogP contribution >= 0.6 is 0 Å². The van der Waals surface area contributed by atoms with Crippen molar-refractivity contribution >= 4 is 18.0 Å². The molecule has 0 bridgehead atoms. The van der Waals surface area contributed by atoms with Gasteiger partial charge in [0, 0.05) is 38.3 Å². The van der Waals surface area contributed by atoms with Crippen LogP contribution in [0.3, 0.4) is 0 Å². The summed E-state index contributed by atoms with van der Waals surface area (Å²) < 4.78 is 5.49. The second kappa shape index (κ2) is 9.47. The first-order valence-corrected chi connectivity index (χ1v) is 11.2. The standard InChI is InChI=1S/C24H33N3O2/c28-18-5-2-10-24(11-16-27(17-12-24)23-25-13-19-29-23)20-21-6-8-22(9-7-21)26-14-3-1-4-15-26/h6-9,13,18-19H,1-5,10-12,14-17,20H2. The van der Waals surface area contributed by atoms with Crippen LogP contribution < -0.4 is 9.80 Å². The van der Waals surface area contributed by atoms with E-state index in [4.69, 9.17) is 4.42 Å². The van der Waals surface area contributed by atoms with Crippen molar-refractivity contribution < 1.29 is 9.21 Å². The molecule has 2 saturated heterocycles. The Kier molecular flexibility index (Phi) is 6.53. The van der Waals surface area contributed by atoms with Gasteiger partial charge in [0.15, 0.2) is 0 Å². The Morgan fingerprint density at radius 1 is 1.00 bits per heavy atom. The van der Waals surface area contributed by atoms with Crippen LogP contribution in [-0.4, -0.2) is 37.4 Å². The van der Waals surface area contributed by atoms with Crippen LogP contribution in [0.4, 0.5) is 11.7 Å². The maximum absolute atomic E-state index is 10.9. The van der Waals surface area contributed by atoms with Gasteiger partial charge in [0.05, 0.1) is 6.20 Å². The third-order valence-electron chi connectivity index (χ3n) is 6.78. The van der Waals surface area contributed by atoms with Gasteiger partial charge >= 0.3 is 0 Å². The Morgan fingerprint density at radius 3 is 2.41 bits per heavy atom. The fourth-order valence-electron chi connectivity index (χ4n) is 5.03. The van der Waals surface area contributed by atoms with Crippen LogP contribution in [0.15, 0.2) is 41.1 Å². The van der Waals surface area contributed by atoms with E-state index >= 15 is 0 Å². The van der Waals surface area contributed by atoms with Gasteiger partial charge in [-0.15, -0.1) is 0 Å². The molecule has 0 N–H and O–H groups in total. The number of carbonyl (C=O) groups excluding carboxylic acids is 1. The average molecular weight is 396 g/mol. The van der Waals surface area contributed by atoms with Gasteiger partial charge in [-0.3, -0.25) is 0 Å². The number of anilines is 2. The van der Waals surface area contributed by atoms with Crippen molar-refractivity contribution in [2.45, 2.75) is 57.8 Å². The smallest absolute Gasteiger partial charge is 0.297 e. The summed E-state index contributed by atoms with van der Waals surface area (Å²) >= 11 is 0. The highest BCUT2D eigenvalue weighted by molar-refractivity contribution is 5.49. The number of hydrogen-bond donors (Lipinski definition) is 0. The van der Waals surface area contributed by atoms with E-state index in [1.54, 1.807) is 12.5 Å². The summed E-state index contributed by atoms with van der Waals surface area (Å²) in [6, 6.07) is 10.00. The highest BCUT2D eigenvalue weighted by atomic mass is 16.4. The SMILES string of the molecule is O=CCCCC1(Cc2ccc(N3CCCCC3)cc2)CCN(c2ncco2)CC1. The summed E-state index contributed by atoms with van der Waals surface area (Å²) in [6.45, 7) is 4.30. The summed E-state index contributed by atoms with van der Waals surface area (Å²) in [7, 11) is 0. The number of benzene rings is 1. The van der Waals surface area contributed by atoms with E-state index in [1.807, 2.05) is 0 Å². The maximum Gasteiger partial charge on any atom is 0.297 e. The van der Waals surface area contributed by atoms with E-state index < -0.39 is 0 Å². The van der Waals surface area contributed by atoms with Gasteiger partial charge in [-0.05, 0) is 74.5 Å². The fourth-order valence-corrected chi connectivity index (χ4v) is 5.03. The molecule has 5 nitrogen and oxygen atoms in total.